The van der Waals surface area contributed by atoms with Crippen molar-refractivity contribution in [3.8, 4) is 0 Å². The van der Waals surface area contributed by atoms with Gasteiger partial charge in [0.15, 0.2) is 0 Å². The maximum atomic E-state index is 13.4. The molecule has 0 unspecified atom stereocenters. The molecule has 2 aromatic carbocycles. The Morgan fingerprint density at radius 3 is 2.24 bits per heavy atom. The first-order valence-corrected chi connectivity index (χ1v) is 7.18. The molecule has 0 fully saturated rings. The highest BCUT2D eigenvalue weighted by Gasteiger charge is 2.34. The summed E-state index contributed by atoms with van der Waals surface area (Å²) in [7, 11) is 0. The van der Waals surface area contributed by atoms with Crippen LogP contribution in [0.25, 0.3) is 0 Å². The molecular formula is C16H15Cl2FO2. The van der Waals surface area contributed by atoms with E-state index >= 15 is 0 Å². The van der Waals surface area contributed by atoms with E-state index in [0.717, 1.165) is 0 Å². The fourth-order valence-corrected chi connectivity index (χ4v) is 2.88. The van der Waals surface area contributed by atoms with Crippen molar-refractivity contribution < 1.29 is 14.6 Å². The van der Waals surface area contributed by atoms with Crippen molar-refractivity contribution >= 4 is 23.2 Å². The van der Waals surface area contributed by atoms with E-state index in [1.54, 1.807) is 24.3 Å². The topological polar surface area (TPSA) is 40.5 Å². The lowest BCUT2D eigenvalue weighted by Gasteiger charge is -2.31. The van der Waals surface area contributed by atoms with Gasteiger partial charge >= 0.3 is 0 Å². The summed E-state index contributed by atoms with van der Waals surface area (Å²) < 4.78 is 13.4. The molecular weight excluding hydrogens is 314 g/mol. The van der Waals surface area contributed by atoms with Gasteiger partial charge in [-0.1, -0.05) is 41.4 Å². The van der Waals surface area contributed by atoms with Gasteiger partial charge in [-0.15, -0.1) is 0 Å². The molecule has 0 saturated heterocycles. The van der Waals surface area contributed by atoms with Crippen molar-refractivity contribution in [2.24, 2.45) is 0 Å². The summed E-state index contributed by atoms with van der Waals surface area (Å²) in [6.45, 7) is -0.667. The third-order valence-electron chi connectivity index (χ3n) is 3.59. The van der Waals surface area contributed by atoms with Gasteiger partial charge in [-0.3, -0.25) is 0 Å². The summed E-state index contributed by atoms with van der Waals surface area (Å²) in [4.78, 5) is 0. The third-order valence-corrected chi connectivity index (χ3v) is 4.29. The molecule has 2 nitrogen and oxygen atoms in total. The quantitative estimate of drug-likeness (QED) is 0.880. The smallest absolute Gasteiger partial charge is 0.123 e. The highest BCUT2D eigenvalue weighted by molar-refractivity contribution is 6.31. The Bertz CT molecular complexity index is 627. The molecule has 2 rings (SSSR count). The van der Waals surface area contributed by atoms with Crippen molar-refractivity contribution in [2.75, 3.05) is 13.2 Å². The Balaban J connectivity index is 2.48. The number of rotatable bonds is 5. The normalized spacial score (nSPS) is 11.7. The first-order chi connectivity index (χ1) is 10.0. The Labute approximate surface area is 132 Å². The number of aliphatic hydroxyl groups excluding tert-OH is 2. The van der Waals surface area contributed by atoms with E-state index in [1.807, 2.05) is 0 Å². The second-order valence-electron chi connectivity index (χ2n) is 4.99. The molecule has 0 amide bonds. The van der Waals surface area contributed by atoms with Gasteiger partial charge in [0.2, 0.25) is 0 Å². The molecule has 0 aromatic heterocycles. The standard InChI is InChI=1S/C16H15Cl2FO2/c17-14-6-5-12(19)7-11(14)8-16(9-20,10-21)13-3-1-2-4-15(13)18/h1-7,20-21H,8-10H2. The predicted octanol–water partition coefficient (Wildman–Crippen LogP) is 3.60. The van der Waals surface area contributed by atoms with E-state index in [-0.39, 0.29) is 19.6 Å². The minimum atomic E-state index is -1.02. The lowest BCUT2D eigenvalue weighted by atomic mass is 9.76. The Kier molecular flexibility index (Phi) is 5.22. The van der Waals surface area contributed by atoms with Crippen LogP contribution in [0.4, 0.5) is 4.39 Å². The number of hydrogen-bond acceptors (Lipinski definition) is 2. The number of halogens is 3. The van der Waals surface area contributed by atoms with Crippen LogP contribution >= 0.6 is 23.2 Å². The zero-order valence-electron chi connectivity index (χ0n) is 11.2. The van der Waals surface area contributed by atoms with Crippen LogP contribution in [-0.4, -0.2) is 23.4 Å². The highest BCUT2D eigenvalue weighted by atomic mass is 35.5. The van der Waals surface area contributed by atoms with E-state index in [4.69, 9.17) is 23.2 Å². The second-order valence-corrected chi connectivity index (χ2v) is 5.80. The molecule has 112 valence electrons. The predicted molar refractivity (Wildman–Crippen MR) is 82.4 cm³/mol. The summed E-state index contributed by atoms with van der Waals surface area (Å²) in [5, 5.41) is 20.5. The second kappa shape index (κ2) is 6.75. The molecule has 0 aliphatic heterocycles. The van der Waals surface area contributed by atoms with Crippen LogP contribution in [0.5, 0.6) is 0 Å². The first kappa shape index (κ1) is 16.2. The summed E-state index contributed by atoms with van der Waals surface area (Å²) in [6, 6.07) is 11.0. The molecule has 0 spiro atoms. The molecule has 0 radical (unpaired) electrons. The summed E-state index contributed by atoms with van der Waals surface area (Å²) in [5.41, 5.74) is 0.104. The van der Waals surface area contributed by atoms with Crippen molar-refractivity contribution in [1.29, 1.82) is 0 Å². The third kappa shape index (κ3) is 3.38. The fourth-order valence-electron chi connectivity index (χ4n) is 2.36. The maximum absolute atomic E-state index is 13.4. The molecule has 0 heterocycles. The van der Waals surface area contributed by atoms with Gasteiger partial charge in [0.1, 0.15) is 5.82 Å². The molecule has 0 bridgehead atoms. The summed E-state index contributed by atoms with van der Waals surface area (Å²) >= 11 is 12.3. The van der Waals surface area contributed by atoms with Gasteiger partial charge < -0.3 is 10.2 Å². The van der Waals surface area contributed by atoms with Crippen LogP contribution < -0.4 is 0 Å². The number of aliphatic hydroxyl groups is 2. The largest absolute Gasteiger partial charge is 0.395 e. The van der Waals surface area contributed by atoms with Crippen LogP contribution in [0.2, 0.25) is 10.0 Å². The molecule has 0 atom stereocenters. The van der Waals surface area contributed by atoms with Crippen LogP contribution in [0.3, 0.4) is 0 Å². The van der Waals surface area contributed by atoms with Crippen LogP contribution in [-0.2, 0) is 11.8 Å². The average Bonchev–Trinajstić information content (AvgIpc) is 2.49. The first-order valence-electron chi connectivity index (χ1n) is 6.43. The SMILES string of the molecule is OCC(CO)(Cc1cc(F)ccc1Cl)c1ccccc1Cl. The lowest BCUT2D eigenvalue weighted by Crippen LogP contribution is -2.37. The van der Waals surface area contributed by atoms with E-state index < -0.39 is 11.2 Å². The van der Waals surface area contributed by atoms with Crippen molar-refractivity contribution in [3.63, 3.8) is 0 Å². The number of benzene rings is 2. The van der Waals surface area contributed by atoms with Gasteiger partial charge in [-0.2, -0.15) is 0 Å². The van der Waals surface area contributed by atoms with Crippen molar-refractivity contribution in [1.82, 2.24) is 0 Å². The van der Waals surface area contributed by atoms with Crippen molar-refractivity contribution in [2.45, 2.75) is 11.8 Å². The fraction of sp³-hybridized carbons (Fsp3) is 0.250. The van der Waals surface area contributed by atoms with Gasteiger partial charge in [-0.25, -0.2) is 4.39 Å². The Morgan fingerprint density at radius 2 is 1.62 bits per heavy atom. The van der Waals surface area contributed by atoms with Gasteiger partial charge in [0, 0.05) is 15.5 Å². The molecule has 2 aromatic rings. The van der Waals surface area contributed by atoms with E-state index in [1.165, 1.54) is 18.2 Å². The Morgan fingerprint density at radius 1 is 0.952 bits per heavy atom. The van der Waals surface area contributed by atoms with E-state index in [2.05, 4.69) is 0 Å². The molecule has 5 heteroatoms. The maximum Gasteiger partial charge on any atom is 0.123 e. The van der Waals surface area contributed by atoms with Crippen LogP contribution in [0.1, 0.15) is 11.1 Å². The molecule has 21 heavy (non-hydrogen) atoms. The van der Waals surface area contributed by atoms with E-state index in [9.17, 15) is 14.6 Å². The van der Waals surface area contributed by atoms with Gasteiger partial charge in [0.25, 0.3) is 0 Å². The Hall–Kier alpha value is -1.13. The van der Waals surface area contributed by atoms with Crippen LogP contribution in [0, 0.1) is 5.82 Å². The minimum absolute atomic E-state index is 0.181. The molecule has 2 N–H and O–H groups in total. The molecule has 0 aliphatic rings. The monoisotopic (exact) mass is 328 g/mol. The van der Waals surface area contributed by atoms with Gasteiger partial charge in [0.05, 0.1) is 13.2 Å². The van der Waals surface area contributed by atoms with E-state index in [0.29, 0.717) is 21.2 Å². The average molecular weight is 329 g/mol. The summed E-state index contributed by atoms with van der Waals surface area (Å²) in [6.07, 6.45) is 0.181. The van der Waals surface area contributed by atoms with Gasteiger partial charge in [-0.05, 0) is 41.8 Å². The zero-order chi connectivity index (χ0) is 15.5. The summed E-state index contributed by atoms with van der Waals surface area (Å²) in [5.74, 6) is -0.418. The lowest BCUT2D eigenvalue weighted by molar-refractivity contribution is 0.116. The zero-order valence-corrected chi connectivity index (χ0v) is 12.7. The molecule has 0 aliphatic carbocycles. The van der Waals surface area contributed by atoms with Crippen LogP contribution in [0.15, 0.2) is 42.5 Å². The minimum Gasteiger partial charge on any atom is -0.395 e. The van der Waals surface area contributed by atoms with Crippen molar-refractivity contribution in [3.05, 3.63) is 69.5 Å². The highest BCUT2D eigenvalue weighted by Crippen LogP contribution is 2.35. The number of hydrogen-bond donors (Lipinski definition) is 2. The molecule has 0 saturated carbocycles.